The maximum absolute atomic E-state index is 12.6. The molecule has 2 N–H and O–H groups in total. The predicted molar refractivity (Wildman–Crippen MR) is 148 cm³/mol. The zero-order valence-corrected chi connectivity index (χ0v) is 22.6. The van der Waals surface area contributed by atoms with Crippen molar-refractivity contribution in [2.75, 3.05) is 20.0 Å². The van der Waals surface area contributed by atoms with Gasteiger partial charge in [-0.05, 0) is 61.0 Å². The highest BCUT2D eigenvalue weighted by Crippen LogP contribution is 2.30. The van der Waals surface area contributed by atoms with Gasteiger partial charge in [0.1, 0.15) is 29.0 Å². The number of hydrogen-bond acceptors (Lipinski definition) is 9. The summed E-state index contributed by atoms with van der Waals surface area (Å²) in [7, 11) is 3.17. The van der Waals surface area contributed by atoms with Crippen molar-refractivity contribution in [1.29, 1.82) is 5.26 Å². The molecule has 1 heterocycles. The lowest BCUT2D eigenvalue weighted by atomic mass is 10.1. The van der Waals surface area contributed by atoms with Gasteiger partial charge in [-0.2, -0.15) is 5.26 Å². The molecule has 0 saturated heterocycles. The number of nitrogens with two attached hydrogens (primary N) is 1. The van der Waals surface area contributed by atoms with Gasteiger partial charge in [0.25, 0.3) is 0 Å². The molecule has 0 atom stereocenters. The minimum Gasteiger partial charge on any atom is -0.493 e. The Morgan fingerprint density at radius 2 is 1.67 bits per heavy atom. The molecule has 9 nitrogen and oxygen atoms in total. The highest BCUT2D eigenvalue weighted by molar-refractivity contribution is 7.99. The largest absolute Gasteiger partial charge is 0.493 e. The maximum Gasteiger partial charge on any atom is 0.196 e. The molecule has 39 heavy (non-hydrogen) atoms. The van der Waals surface area contributed by atoms with Gasteiger partial charge in [-0.1, -0.05) is 36.0 Å². The van der Waals surface area contributed by atoms with E-state index in [1.54, 1.807) is 14.2 Å². The molecule has 0 amide bonds. The minimum atomic E-state index is -0.370. The summed E-state index contributed by atoms with van der Waals surface area (Å²) in [6.45, 7) is 1.53. The fourth-order valence-electron chi connectivity index (χ4n) is 3.80. The van der Waals surface area contributed by atoms with Crippen molar-refractivity contribution >= 4 is 17.5 Å². The van der Waals surface area contributed by atoms with Crippen LogP contribution in [0.2, 0.25) is 0 Å². The van der Waals surface area contributed by atoms with Crippen LogP contribution in [0.15, 0.2) is 89.2 Å². The normalized spacial score (nSPS) is 11.3. The van der Waals surface area contributed by atoms with Crippen LogP contribution < -0.4 is 19.9 Å². The first-order valence-corrected chi connectivity index (χ1v) is 12.9. The van der Waals surface area contributed by atoms with E-state index in [4.69, 9.17) is 19.9 Å². The van der Waals surface area contributed by atoms with Crippen molar-refractivity contribution in [3.8, 4) is 34.8 Å². The molecule has 4 aromatic rings. The highest BCUT2D eigenvalue weighted by Gasteiger charge is 2.19. The zero-order valence-electron chi connectivity index (χ0n) is 21.7. The summed E-state index contributed by atoms with van der Waals surface area (Å²) in [6.07, 6.45) is 0.440. The van der Waals surface area contributed by atoms with E-state index < -0.39 is 0 Å². The Labute approximate surface area is 230 Å². The van der Waals surface area contributed by atoms with Gasteiger partial charge < -0.3 is 19.9 Å². The third-order valence-electron chi connectivity index (χ3n) is 5.70. The fourth-order valence-corrected chi connectivity index (χ4v) is 4.64. The second kappa shape index (κ2) is 12.7. The van der Waals surface area contributed by atoms with E-state index >= 15 is 0 Å². The van der Waals surface area contributed by atoms with E-state index in [2.05, 4.69) is 10.2 Å². The number of carbonyl (C=O) groups excluding carboxylic acids is 1. The van der Waals surface area contributed by atoms with Crippen molar-refractivity contribution in [2.24, 2.45) is 5.73 Å². The Morgan fingerprint density at radius 3 is 2.31 bits per heavy atom. The molecule has 4 rings (SSSR count). The van der Waals surface area contributed by atoms with Crippen LogP contribution in [0.1, 0.15) is 18.3 Å². The third kappa shape index (κ3) is 6.58. The molecule has 0 unspecified atom stereocenters. The lowest BCUT2D eigenvalue weighted by Gasteiger charge is -2.13. The number of rotatable bonds is 11. The molecule has 0 aliphatic carbocycles. The number of hydrogen-bond donors (Lipinski definition) is 1. The van der Waals surface area contributed by atoms with Gasteiger partial charge in [0.15, 0.2) is 22.4 Å². The molecule has 0 fully saturated rings. The first kappa shape index (κ1) is 27.3. The number of Topliss-reactive ketones (excluding diaryl/α,β-unsaturated/α-hetero) is 1. The second-order valence-corrected chi connectivity index (χ2v) is 9.33. The van der Waals surface area contributed by atoms with Crippen molar-refractivity contribution in [2.45, 2.75) is 18.5 Å². The molecular formula is C29H27N5O4S. The van der Waals surface area contributed by atoms with Crippen molar-refractivity contribution < 1.29 is 19.0 Å². The third-order valence-corrected chi connectivity index (χ3v) is 6.63. The number of para-hydroxylation sites is 1. The van der Waals surface area contributed by atoms with E-state index in [0.29, 0.717) is 34.7 Å². The SMILES string of the molecule is COc1ccc(Cc2nnc(SCC(=O)/C(C#N)=C(\C)N)n2-c2ccc(Oc3ccccc3)cc2)cc1OC. The van der Waals surface area contributed by atoms with E-state index in [-0.39, 0.29) is 22.8 Å². The van der Waals surface area contributed by atoms with Crippen molar-refractivity contribution in [3.63, 3.8) is 0 Å². The minimum absolute atomic E-state index is 0.0128. The van der Waals surface area contributed by atoms with Gasteiger partial charge in [-0.3, -0.25) is 9.36 Å². The lowest BCUT2D eigenvalue weighted by Crippen LogP contribution is -2.11. The number of allylic oxidation sites excluding steroid dienone is 2. The Hall–Kier alpha value is -4.75. The molecule has 198 valence electrons. The molecule has 0 radical (unpaired) electrons. The van der Waals surface area contributed by atoms with Gasteiger partial charge in [0.2, 0.25) is 0 Å². The fraction of sp³-hybridized carbons (Fsp3) is 0.172. The summed E-state index contributed by atoms with van der Waals surface area (Å²) in [5, 5.41) is 18.6. The van der Waals surface area contributed by atoms with Crippen molar-refractivity contribution in [1.82, 2.24) is 14.8 Å². The van der Waals surface area contributed by atoms with Gasteiger partial charge in [-0.15, -0.1) is 10.2 Å². The smallest absolute Gasteiger partial charge is 0.196 e. The highest BCUT2D eigenvalue weighted by atomic mass is 32.2. The molecular weight excluding hydrogens is 514 g/mol. The molecule has 1 aromatic heterocycles. The van der Waals surface area contributed by atoms with E-state index in [0.717, 1.165) is 17.0 Å². The summed E-state index contributed by atoms with van der Waals surface area (Å²) in [4.78, 5) is 12.6. The average molecular weight is 542 g/mol. The summed E-state index contributed by atoms with van der Waals surface area (Å²) in [5.74, 6) is 2.91. The number of aromatic nitrogens is 3. The number of benzene rings is 3. The molecule has 10 heteroatoms. The zero-order chi connectivity index (χ0) is 27.8. The van der Waals surface area contributed by atoms with Gasteiger partial charge >= 0.3 is 0 Å². The van der Waals surface area contributed by atoms with Crippen LogP contribution in [-0.4, -0.2) is 40.5 Å². The number of carbonyl (C=O) groups is 1. The first-order chi connectivity index (χ1) is 18.9. The quantitative estimate of drug-likeness (QED) is 0.157. The van der Waals surface area contributed by atoms with Crippen LogP contribution in [0.4, 0.5) is 0 Å². The number of ether oxygens (including phenoxy) is 3. The number of methoxy groups -OCH3 is 2. The summed E-state index contributed by atoms with van der Waals surface area (Å²) in [6, 6.07) is 24.6. The molecule has 0 bridgehead atoms. The molecule has 0 aliphatic rings. The van der Waals surface area contributed by atoms with Crippen LogP contribution in [-0.2, 0) is 11.2 Å². The Balaban J connectivity index is 1.66. The lowest BCUT2D eigenvalue weighted by molar-refractivity contribution is -0.112. The van der Waals surface area contributed by atoms with Crippen LogP contribution >= 0.6 is 11.8 Å². The van der Waals surface area contributed by atoms with Crippen molar-refractivity contribution in [3.05, 3.63) is 95.5 Å². The van der Waals surface area contributed by atoms with E-state index in [1.807, 2.05) is 83.4 Å². The van der Waals surface area contributed by atoms with Gasteiger partial charge in [-0.25, -0.2) is 0 Å². The predicted octanol–water partition coefficient (Wildman–Crippen LogP) is 5.09. The molecule has 0 saturated carbocycles. The molecule has 3 aromatic carbocycles. The number of nitrogens with zero attached hydrogens (tertiary/aromatic N) is 4. The maximum atomic E-state index is 12.6. The Kier molecular flexibility index (Phi) is 8.86. The van der Waals surface area contributed by atoms with Crippen LogP contribution in [0.3, 0.4) is 0 Å². The second-order valence-electron chi connectivity index (χ2n) is 8.39. The van der Waals surface area contributed by atoms with Crippen LogP contribution in [0.25, 0.3) is 5.69 Å². The van der Waals surface area contributed by atoms with E-state index in [9.17, 15) is 10.1 Å². The molecule has 0 spiro atoms. The van der Waals surface area contributed by atoms with Crippen LogP contribution in [0.5, 0.6) is 23.0 Å². The first-order valence-electron chi connectivity index (χ1n) is 11.9. The monoisotopic (exact) mass is 541 g/mol. The summed E-state index contributed by atoms with van der Waals surface area (Å²) < 4.78 is 18.6. The molecule has 0 aliphatic heterocycles. The average Bonchev–Trinajstić information content (AvgIpc) is 3.35. The standard InChI is InChI=1S/C29H27N5O4S/c1-19(31)24(17-30)25(35)18-39-29-33-32-28(16-20-9-14-26(36-2)27(15-20)37-3)34(29)21-10-12-23(13-11-21)38-22-7-5-4-6-8-22/h4-15H,16,18,31H2,1-3H3/b24-19+. The summed E-state index contributed by atoms with van der Waals surface area (Å²) in [5.41, 5.74) is 7.56. The van der Waals surface area contributed by atoms with Gasteiger partial charge in [0.05, 0.1) is 20.0 Å². The number of nitriles is 1. The van der Waals surface area contributed by atoms with Gasteiger partial charge in [0, 0.05) is 17.8 Å². The summed E-state index contributed by atoms with van der Waals surface area (Å²) >= 11 is 1.19. The number of thioether (sulfide) groups is 1. The topological polar surface area (TPSA) is 125 Å². The Bertz CT molecular complexity index is 1520. The van der Waals surface area contributed by atoms with E-state index in [1.165, 1.54) is 18.7 Å². The van der Waals surface area contributed by atoms with Crippen LogP contribution in [0, 0.1) is 11.3 Å². The Morgan fingerprint density at radius 1 is 0.974 bits per heavy atom. The number of ketones is 1.